The van der Waals surface area contributed by atoms with E-state index in [1.807, 2.05) is 24.3 Å². The van der Waals surface area contributed by atoms with Crippen molar-refractivity contribution < 1.29 is 27.6 Å². The van der Waals surface area contributed by atoms with E-state index in [9.17, 15) is 18.0 Å². The lowest BCUT2D eigenvalue weighted by atomic mass is 10.1. The number of hydrogen-bond acceptors (Lipinski definition) is 5. The quantitative estimate of drug-likeness (QED) is 0.498. The van der Waals surface area contributed by atoms with Gasteiger partial charge in [-0.3, -0.25) is 4.79 Å². The number of nitrogens with zero attached hydrogens (tertiary/aromatic N) is 2. The van der Waals surface area contributed by atoms with Gasteiger partial charge in [0.1, 0.15) is 0 Å². The molecule has 3 aromatic rings. The molecule has 2 N–H and O–H groups in total. The molecule has 0 bridgehead atoms. The number of aliphatic carboxylic acids is 1. The summed E-state index contributed by atoms with van der Waals surface area (Å²) in [7, 11) is 0. The first-order valence-electron chi connectivity index (χ1n) is 9.32. The van der Waals surface area contributed by atoms with Crippen molar-refractivity contribution in [3.8, 4) is 22.8 Å². The number of nitrogens with one attached hydrogen (secondary N) is 1. The van der Waals surface area contributed by atoms with Crippen LogP contribution in [0.1, 0.15) is 24.0 Å². The van der Waals surface area contributed by atoms with Crippen LogP contribution in [0.15, 0.2) is 53.1 Å². The number of aryl methyl sites for hydroxylation is 1. The fraction of sp³-hybridized carbons (Fsp3) is 0.286. The lowest BCUT2D eigenvalue weighted by Gasteiger charge is -2.06. The van der Waals surface area contributed by atoms with E-state index in [2.05, 4.69) is 15.5 Å². The van der Waals surface area contributed by atoms with Gasteiger partial charge in [0.25, 0.3) is 5.89 Å². The Morgan fingerprint density at radius 2 is 1.63 bits per heavy atom. The predicted molar refractivity (Wildman–Crippen MR) is 104 cm³/mol. The van der Waals surface area contributed by atoms with Gasteiger partial charge in [0.2, 0.25) is 5.82 Å². The van der Waals surface area contributed by atoms with Crippen LogP contribution in [0.3, 0.4) is 0 Å². The molecule has 0 aliphatic heterocycles. The van der Waals surface area contributed by atoms with Gasteiger partial charge in [-0.2, -0.15) is 18.2 Å². The van der Waals surface area contributed by atoms with Crippen molar-refractivity contribution >= 4 is 5.97 Å². The molecule has 0 amide bonds. The second-order valence-electron chi connectivity index (χ2n) is 6.75. The van der Waals surface area contributed by atoms with Crippen LogP contribution in [0.2, 0.25) is 0 Å². The largest absolute Gasteiger partial charge is 0.481 e. The highest BCUT2D eigenvalue weighted by Gasteiger charge is 2.26. The number of hydrogen-bond donors (Lipinski definition) is 2. The van der Waals surface area contributed by atoms with E-state index in [0.717, 1.165) is 11.1 Å². The summed E-state index contributed by atoms with van der Waals surface area (Å²) >= 11 is 0. The summed E-state index contributed by atoms with van der Waals surface area (Å²) in [4.78, 5) is 14.8. The summed E-state index contributed by atoms with van der Waals surface area (Å²) in [6, 6.07) is 14.0. The molecule has 158 valence electrons. The molecule has 0 aliphatic rings. The first kappa shape index (κ1) is 21.5. The van der Waals surface area contributed by atoms with Gasteiger partial charge in [0.15, 0.2) is 0 Å². The summed E-state index contributed by atoms with van der Waals surface area (Å²) in [6.45, 7) is 0.937. The smallest absolute Gasteiger partial charge is 0.389 e. The summed E-state index contributed by atoms with van der Waals surface area (Å²) in [5.74, 6) is -0.162. The highest BCUT2D eigenvalue weighted by atomic mass is 19.4. The predicted octanol–water partition coefficient (Wildman–Crippen LogP) is 4.46. The molecule has 0 saturated carbocycles. The first-order valence-corrected chi connectivity index (χ1v) is 9.32. The number of benzene rings is 2. The third-order valence-electron chi connectivity index (χ3n) is 4.38. The third kappa shape index (κ3) is 6.41. The molecule has 3 rings (SSSR count). The molecule has 6 nitrogen and oxygen atoms in total. The van der Waals surface area contributed by atoms with Crippen molar-refractivity contribution in [3.63, 3.8) is 0 Å². The fourth-order valence-electron chi connectivity index (χ4n) is 2.76. The summed E-state index contributed by atoms with van der Waals surface area (Å²) in [5.41, 5.74) is 2.95. The number of aromatic nitrogens is 2. The van der Waals surface area contributed by atoms with Crippen LogP contribution in [0, 0.1) is 0 Å². The summed E-state index contributed by atoms with van der Waals surface area (Å²) < 4.78 is 42.3. The summed E-state index contributed by atoms with van der Waals surface area (Å²) in [5, 5.41) is 15.6. The normalized spacial score (nSPS) is 11.6. The maximum atomic E-state index is 12.3. The third-order valence-corrected chi connectivity index (χ3v) is 4.38. The SMILES string of the molecule is O=C(O)CCNCc1ccc(-c2noc(-c3ccc(CCC(F)(F)F)cc3)n2)cc1. The Hall–Kier alpha value is -3.20. The Labute approximate surface area is 170 Å². The topological polar surface area (TPSA) is 88.2 Å². The van der Waals surface area contributed by atoms with Crippen LogP contribution in [0.4, 0.5) is 13.2 Å². The van der Waals surface area contributed by atoms with Crippen molar-refractivity contribution in [1.29, 1.82) is 0 Å². The molecule has 0 atom stereocenters. The zero-order valence-corrected chi connectivity index (χ0v) is 15.9. The highest BCUT2D eigenvalue weighted by molar-refractivity contribution is 5.66. The highest BCUT2D eigenvalue weighted by Crippen LogP contribution is 2.25. The second kappa shape index (κ2) is 9.53. The van der Waals surface area contributed by atoms with Gasteiger partial charge in [-0.05, 0) is 29.7 Å². The summed E-state index contributed by atoms with van der Waals surface area (Å²) in [6.07, 6.45) is -5.05. The standard InChI is InChI=1S/C21H20F3N3O3/c22-21(23,24)11-9-14-1-7-17(8-2-14)20-26-19(27-30-20)16-5-3-15(4-6-16)13-25-12-10-18(28)29/h1-8,25H,9-13H2,(H,28,29). The van der Waals surface area contributed by atoms with Crippen molar-refractivity contribution in [3.05, 3.63) is 59.7 Å². The van der Waals surface area contributed by atoms with E-state index >= 15 is 0 Å². The minimum Gasteiger partial charge on any atom is -0.481 e. The van der Waals surface area contributed by atoms with Crippen LogP contribution in [-0.4, -0.2) is 33.9 Å². The number of rotatable bonds is 9. The molecule has 0 radical (unpaired) electrons. The van der Waals surface area contributed by atoms with E-state index in [1.54, 1.807) is 24.3 Å². The van der Waals surface area contributed by atoms with Crippen LogP contribution < -0.4 is 5.32 Å². The Kier molecular flexibility index (Phi) is 6.83. The number of carbonyl (C=O) groups is 1. The molecular weight excluding hydrogens is 399 g/mol. The minimum absolute atomic E-state index is 0.0625. The van der Waals surface area contributed by atoms with E-state index in [-0.39, 0.29) is 18.7 Å². The molecule has 2 aromatic carbocycles. The van der Waals surface area contributed by atoms with Gasteiger partial charge in [-0.15, -0.1) is 0 Å². The molecule has 1 heterocycles. The maximum Gasteiger partial charge on any atom is 0.389 e. The Bertz CT molecular complexity index is 968. The van der Waals surface area contributed by atoms with E-state index in [1.165, 1.54) is 0 Å². The van der Waals surface area contributed by atoms with E-state index in [0.29, 0.717) is 30.0 Å². The lowest BCUT2D eigenvalue weighted by Crippen LogP contribution is -2.17. The van der Waals surface area contributed by atoms with Crippen molar-refractivity contribution in [1.82, 2.24) is 15.5 Å². The van der Waals surface area contributed by atoms with Gasteiger partial charge in [0, 0.05) is 30.6 Å². The Morgan fingerprint density at radius 1 is 1.00 bits per heavy atom. The molecule has 0 aliphatic carbocycles. The molecule has 1 aromatic heterocycles. The number of carboxylic acid groups (broad SMARTS) is 1. The number of halogens is 3. The van der Waals surface area contributed by atoms with Crippen molar-refractivity contribution in [2.45, 2.75) is 32.0 Å². The maximum absolute atomic E-state index is 12.3. The van der Waals surface area contributed by atoms with Gasteiger partial charge in [-0.25, -0.2) is 0 Å². The average molecular weight is 419 g/mol. The van der Waals surface area contributed by atoms with Crippen molar-refractivity contribution in [2.75, 3.05) is 6.54 Å². The molecule has 0 fully saturated rings. The molecule has 9 heteroatoms. The molecular formula is C21H20F3N3O3. The van der Waals surface area contributed by atoms with Gasteiger partial charge in [0.05, 0.1) is 6.42 Å². The van der Waals surface area contributed by atoms with Crippen LogP contribution in [0.25, 0.3) is 22.8 Å². The molecule has 30 heavy (non-hydrogen) atoms. The second-order valence-corrected chi connectivity index (χ2v) is 6.75. The molecule has 0 spiro atoms. The van der Waals surface area contributed by atoms with Gasteiger partial charge in [-0.1, -0.05) is 41.6 Å². The molecule has 0 unspecified atom stereocenters. The zero-order chi connectivity index (χ0) is 21.6. The monoisotopic (exact) mass is 419 g/mol. The lowest BCUT2D eigenvalue weighted by molar-refractivity contribution is -0.137. The van der Waals surface area contributed by atoms with Gasteiger partial charge < -0.3 is 14.9 Å². The molecule has 0 saturated heterocycles. The van der Waals surface area contributed by atoms with Crippen LogP contribution in [-0.2, 0) is 17.8 Å². The van der Waals surface area contributed by atoms with Gasteiger partial charge >= 0.3 is 12.1 Å². The first-order chi connectivity index (χ1) is 14.3. The Morgan fingerprint density at radius 3 is 2.27 bits per heavy atom. The van der Waals surface area contributed by atoms with Crippen molar-refractivity contribution in [2.24, 2.45) is 0 Å². The number of alkyl halides is 3. The van der Waals surface area contributed by atoms with E-state index < -0.39 is 18.6 Å². The minimum atomic E-state index is -4.18. The van der Waals surface area contributed by atoms with Crippen LogP contribution in [0.5, 0.6) is 0 Å². The zero-order valence-electron chi connectivity index (χ0n) is 15.9. The average Bonchev–Trinajstić information content (AvgIpc) is 3.20. The fourth-order valence-corrected chi connectivity index (χ4v) is 2.76. The van der Waals surface area contributed by atoms with Crippen LogP contribution >= 0.6 is 0 Å². The van der Waals surface area contributed by atoms with E-state index in [4.69, 9.17) is 9.63 Å². The number of carboxylic acids is 1. The Balaban J connectivity index is 1.59.